The van der Waals surface area contributed by atoms with Crippen LogP contribution in [-0.2, 0) is 9.47 Å². The van der Waals surface area contributed by atoms with Gasteiger partial charge in [0.1, 0.15) is 17.7 Å². The van der Waals surface area contributed by atoms with Crippen molar-refractivity contribution >= 4 is 29.9 Å². The average Bonchev–Trinajstić information content (AvgIpc) is 2.68. The van der Waals surface area contributed by atoms with Crippen molar-refractivity contribution in [1.82, 2.24) is 10.6 Å². The van der Waals surface area contributed by atoms with Crippen molar-refractivity contribution in [2.24, 2.45) is 4.99 Å². The first-order valence-electron chi connectivity index (χ1n) is 9.81. The van der Waals surface area contributed by atoms with Gasteiger partial charge in [0.15, 0.2) is 5.96 Å². The fourth-order valence-electron chi connectivity index (χ4n) is 2.72. The molecule has 1 aromatic rings. The molecule has 0 aromatic heterocycles. The minimum absolute atomic E-state index is 0. The van der Waals surface area contributed by atoms with Crippen molar-refractivity contribution in [3.8, 4) is 5.75 Å². The van der Waals surface area contributed by atoms with Gasteiger partial charge in [-0.2, -0.15) is 0 Å². The summed E-state index contributed by atoms with van der Waals surface area (Å²) in [7, 11) is 0. The zero-order chi connectivity index (χ0) is 19.3. The van der Waals surface area contributed by atoms with Crippen LogP contribution in [-0.4, -0.2) is 57.6 Å². The minimum atomic E-state index is -0.271. The molecule has 1 aliphatic heterocycles. The molecule has 2 N–H and O–H groups in total. The quantitative estimate of drug-likeness (QED) is 0.219. The number of benzene rings is 1. The predicted octanol–water partition coefficient (Wildman–Crippen LogP) is 3.35. The molecule has 0 amide bonds. The number of rotatable bonds is 10. The van der Waals surface area contributed by atoms with Crippen molar-refractivity contribution in [2.75, 3.05) is 39.5 Å². The van der Waals surface area contributed by atoms with E-state index in [-0.39, 0.29) is 35.9 Å². The zero-order valence-electron chi connectivity index (χ0n) is 16.8. The van der Waals surface area contributed by atoms with E-state index in [1.54, 1.807) is 12.1 Å². The Bertz CT molecular complexity index is 554. The first kappa shape index (κ1) is 24.9. The Labute approximate surface area is 184 Å². The smallest absolute Gasteiger partial charge is 0.191 e. The molecule has 2 rings (SSSR count). The average molecular weight is 509 g/mol. The van der Waals surface area contributed by atoms with E-state index in [4.69, 9.17) is 14.2 Å². The summed E-state index contributed by atoms with van der Waals surface area (Å²) < 4.78 is 29.9. The largest absolute Gasteiger partial charge is 0.489 e. The Morgan fingerprint density at radius 2 is 1.96 bits per heavy atom. The summed E-state index contributed by atoms with van der Waals surface area (Å²) in [5.41, 5.74) is 0. The third-order valence-electron chi connectivity index (χ3n) is 4.14. The van der Waals surface area contributed by atoms with Crippen LogP contribution < -0.4 is 15.4 Å². The molecule has 1 aromatic carbocycles. The number of aliphatic imine (C=N–C) groups is 1. The van der Waals surface area contributed by atoms with Crippen LogP contribution in [0.3, 0.4) is 0 Å². The number of guanidine groups is 1. The number of nitrogens with zero attached hydrogens (tertiary/aromatic N) is 1. The maximum absolute atomic E-state index is 12.9. The molecule has 0 aliphatic carbocycles. The van der Waals surface area contributed by atoms with Gasteiger partial charge in [-0.3, -0.25) is 0 Å². The van der Waals surface area contributed by atoms with Crippen molar-refractivity contribution in [3.63, 3.8) is 0 Å². The van der Waals surface area contributed by atoms with E-state index in [2.05, 4.69) is 15.6 Å². The molecule has 1 unspecified atom stereocenters. The third kappa shape index (κ3) is 10.4. The SMILES string of the molecule is CCNC(=NCC(C)Oc1ccc(F)cc1)NCCCOC1CCOCC1.I. The number of ether oxygens (including phenoxy) is 3. The fraction of sp³-hybridized carbons (Fsp3) is 0.650. The first-order chi connectivity index (χ1) is 13.2. The molecule has 1 saturated heterocycles. The second-order valence-electron chi connectivity index (χ2n) is 6.56. The third-order valence-corrected chi connectivity index (χ3v) is 4.14. The van der Waals surface area contributed by atoms with Gasteiger partial charge in [-0.25, -0.2) is 9.38 Å². The molecule has 160 valence electrons. The van der Waals surface area contributed by atoms with Gasteiger partial charge >= 0.3 is 0 Å². The van der Waals surface area contributed by atoms with E-state index < -0.39 is 0 Å². The van der Waals surface area contributed by atoms with Crippen molar-refractivity contribution in [1.29, 1.82) is 0 Å². The summed E-state index contributed by atoms with van der Waals surface area (Å²) in [4.78, 5) is 4.55. The van der Waals surface area contributed by atoms with E-state index in [1.807, 2.05) is 13.8 Å². The fourth-order valence-corrected chi connectivity index (χ4v) is 2.72. The van der Waals surface area contributed by atoms with Crippen LogP contribution >= 0.6 is 24.0 Å². The molecule has 1 fully saturated rings. The monoisotopic (exact) mass is 509 g/mol. The molecule has 8 heteroatoms. The Hall–Kier alpha value is -1.13. The summed E-state index contributed by atoms with van der Waals surface area (Å²) in [5.74, 6) is 1.13. The Morgan fingerprint density at radius 1 is 1.25 bits per heavy atom. The highest BCUT2D eigenvalue weighted by Crippen LogP contribution is 2.13. The van der Waals surface area contributed by atoms with Gasteiger partial charge < -0.3 is 24.8 Å². The molecule has 28 heavy (non-hydrogen) atoms. The lowest BCUT2D eigenvalue weighted by Crippen LogP contribution is -2.39. The second-order valence-corrected chi connectivity index (χ2v) is 6.56. The molecule has 6 nitrogen and oxygen atoms in total. The first-order valence-corrected chi connectivity index (χ1v) is 9.81. The lowest BCUT2D eigenvalue weighted by atomic mass is 10.1. The normalized spacial score (nSPS) is 16.2. The second kappa shape index (κ2) is 14.8. The molecule has 1 heterocycles. The molecule has 0 spiro atoms. The lowest BCUT2D eigenvalue weighted by Gasteiger charge is -2.22. The summed E-state index contributed by atoms with van der Waals surface area (Å²) in [6.45, 7) is 8.41. The molecule has 1 atom stereocenters. The summed E-state index contributed by atoms with van der Waals surface area (Å²) in [6.07, 6.45) is 3.13. The van der Waals surface area contributed by atoms with Crippen LogP contribution in [0, 0.1) is 5.82 Å². The topological polar surface area (TPSA) is 64.1 Å². The van der Waals surface area contributed by atoms with Crippen molar-refractivity contribution in [3.05, 3.63) is 30.1 Å². The van der Waals surface area contributed by atoms with Crippen LogP contribution in [0.25, 0.3) is 0 Å². The molecule has 0 radical (unpaired) electrons. The standard InChI is InChI=1S/C20H32FN3O3.HI/c1-3-22-20(23-11-4-12-26-18-9-13-25-14-10-18)24-15-16(2)27-19-7-5-17(21)6-8-19;/h5-8,16,18H,3-4,9-15H2,1-2H3,(H2,22,23,24);1H. The molecule has 1 aliphatic rings. The van der Waals surface area contributed by atoms with E-state index >= 15 is 0 Å². The van der Waals surface area contributed by atoms with Gasteiger partial charge in [0, 0.05) is 32.9 Å². The summed E-state index contributed by atoms with van der Waals surface area (Å²) in [5, 5.41) is 6.54. The van der Waals surface area contributed by atoms with Crippen LogP contribution in [0.4, 0.5) is 4.39 Å². The summed E-state index contributed by atoms with van der Waals surface area (Å²) >= 11 is 0. The van der Waals surface area contributed by atoms with Crippen molar-refractivity contribution in [2.45, 2.75) is 45.3 Å². The highest BCUT2D eigenvalue weighted by Gasteiger charge is 2.13. The number of hydrogen-bond donors (Lipinski definition) is 2. The highest BCUT2D eigenvalue weighted by molar-refractivity contribution is 14.0. The molecule has 0 saturated carbocycles. The lowest BCUT2D eigenvalue weighted by molar-refractivity contribution is -0.0320. The Balaban J connectivity index is 0.00000392. The van der Waals surface area contributed by atoms with Crippen LogP contribution in [0.15, 0.2) is 29.3 Å². The maximum Gasteiger partial charge on any atom is 0.191 e. The minimum Gasteiger partial charge on any atom is -0.489 e. The molecule has 0 bridgehead atoms. The number of halogens is 2. The van der Waals surface area contributed by atoms with Gasteiger partial charge in [0.05, 0.1) is 12.6 Å². The van der Waals surface area contributed by atoms with Crippen LogP contribution in [0.2, 0.25) is 0 Å². The predicted molar refractivity (Wildman–Crippen MR) is 120 cm³/mol. The molecular weight excluding hydrogens is 476 g/mol. The Kier molecular flexibility index (Phi) is 13.2. The van der Waals surface area contributed by atoms with Crippen molar-refractivity contribution < 1.29 is 18.6 Å². The van der Waals surface area contributed by atoms with E-state index in [0.717, 1.165) is 58.1 Å². The summed E-state index contributed by atoms with van der Waals surface area (Å²) in [6, 6.07) is 6.02. The molecular formula is C20H33FIN3O3. The van der Waals surface area contributed by atoms with Gasteiger partial charge in [-0.1, -0.05) is 0 Å². The van der Waals surface area contributed by atoms with Gasteiger partial charge in [0.2, 0.25) is 0 Å². The zero-order valence-corrected chi connectivity index (χ0v) is 19.1. The van der Waals surface area contributed by atoms with Crippen LogP contribution in [0.5, 0.6) is 5.75 Å². The maximum atomic E-state index is 12.9. The van der Waals surface area contributed by atoms with E-state index in [9.17, 15) is 4.39 Å². The number of hydrogen-bond acceptors (Lipinski definition) is 4. The van der Waals surface area contributed by atoms with Crippen LogP contribution in [0.1, 0.15) is 33.1 Å². The number of nitrogens with one attached hydrogen (secondary N) is 2. The van der Waals surface area contributed by atoms with E-state index in [1.165, 1.54) is 12.1 Å². The van der Waals surface area contributed by atoms with Gasteiger partial charge in [-0.05, 0) is 57.4 Å². The van der Waals surface area contributed by atoms with E-state index in [0.29, 0.717) is 18.4 Å². The van der Waals surface area contributed by atoms with Gasteiger partial charge in [0.25, 0.3) is 0 Å². The highest BCUT2D eigenvalue weighted by atomic mass is 127. The van der Waals surface area contributed by atoms with Gasteiger partial charge in [-0.15, -0.1) is 24.0 Å². The Morgan fingerprint density at radius 3 is 2.64 bits per heavy atom.